The van der Waals surface area contributed by atoms with Gasteiger partial charge in [0.25, 0.3) is 0 Å². The lowest BCUT2D eigenvalue weighted by Crippen LogP contribution is -2.46. The van der Waals surface area contributed by atoms with E-state index in [1.165, 1.54) is 26.1 Å². The summed E-state index contributed by atoms with van der Waals surface area (Å²) >= 11 is 0. The molecule has 1 fully saturated rings. The van der Waals surface area contributed by atoms with Crippen molar-refractivity contribution >= 4 is 25.4 Å². The van der Waals surface area contributed by atoms with Crippen LogP contribution in [0.15, 0.2) is 29.7 Å². The molecule has 1 aromatic rings. The number of aliphatic hydroxyl groups is 1. The molecule has 0 radical (unpaired) electrons. The molecule has 0 bridgehead atoms. The minimum Gasteiger partial charge on any atom is -0.464 e. The Labute approximate surface area is 251 Å². The van der Waals surface area contributed by atoms with E-state index in [0.717, 1.165) is 10.6 Å². The highest BCUT2D eigenvalue weighted by atomic mass is 31.2. The van der Waals surface area contributed by atoms with E-state index in [2.05, 4.69) is 21.7 Å². The number of hydrogen-bond donors (Lipinski definition) is 4. The molecule has 1 aromatic heterocycles. The number of halogens is 1. The molecule has 0 aromatic carbocycles. The van der Waals surface area contributed by atoms with E-state index in [4.69, 9.17) is 24.5 Å². The number of nitrogen functional groups attached to an aromatic ring is 1. The van der Waals surface area contributed by atoms with Crippen LogP contribution in [0.1, 0.15) is 61.6 Å². The van der Waals surface area contributed by atoms with Crippen molar-refractivity contribution in [3.63, 3.8) is 0 Å². The number of nitrogens with one attached hydrogen (secondary N) is 2. The minimum atomic E-state index is -4.41. The lowest BCUT2D eigenvalue weighted by molar-refractivity contribution is -0.148. The van der Waals surface area contributed by atoms with Crippen LogP contribution in [0.2, 0.25) is 0 Å². The number of aromatic nitrogens is 2. The second-order valence-electron chi connectivity index (χ2n) is 13.0. The topological polar surface area (TPSA) is 193 Å². The van der Waals surface area contributed by atoms with Crippen LogP contribution in [0.5, 0.6) is 0 Å². The number of rotatable bonds is 13. The molecule has 1 aliphatic heterocycles. The SMILES string of the molecule is C=C[C@]1(COP(=O)(N[C@@H](C)C(=O)OCC(C)(C)C)N[C@@H](C)C(=O)OCC(C)(C)C)O[C@@H](n2ccc(N)nc2=O)[C@H](O)[C@@H]1F. The van der Waals surface area contributed by atoms with Gasteiger partial charge in [0.05, 0.1) is 19.8 Å². The number of nitrogens with two attached hydrogens (primary N) is 1. The largest absolute Gasteiger partial charge is 0.464 e. The van der Waals surface area contributed by atoms with E-state index >= 15 is 4.39 Å². The zero-order valence-corrected chi connectivity index (χ0v) is 26.9. The van der Waals surface area contributed by atoms with Crippen molar-refractivity contribution in [2.45, 2.75) is 91.6 Å². The third-order valence-electron chi connectivity index (χ3n) is 6.07. The molecule has 0 unspecified atom stereocenters. The summed E-state index contributed by atoms with van der Waals surface area (Å²) in [6.45, 7) is 16.8. The molecule has 244 valence electrons. The predicted octanol–water partition coefficient (Wildman–Crippen LogP) is 2.24. The van der Waals surface area contributed by atoms with E-state index in [-0.39, 0.29) is 29.9 Å². The molecule has 1 saturated heterocycles. The second-order valence-corrected chi connectivity index (χ2v) is 14.8. The number of hydrogen-bond acceptors (Lipinski definition) is 11. The van der Waals surface area contributed by atoms with E-state index in [9.17, 15) is 24.1 Å². The highest BCUT2D eigenvalue weighted by Gasteiger charge is 2.56. The summed E-state index contributed by atoms with van der Waals surface area (Å²) in [5, 5.41) is 15.7. The number of nitrogens with zero attached hydrogens (tertiary/aromatic N) is 2. The Hall–Kier alpha value is -2.68. The van der Waals surface area contributed by atoms with Gasteiger partial charge in [-0.1, -0.05) is 47.6 Å². The summed E-state index contributed by atoms with van der Waals surface area (Å²) < 4.78 is 52.5. The first-order valence-corrected chi connectivity index (χ1v) is 15.4. The van der Waals surface area contributed by atoms with Gasteiger partial charge in [-0.2, -0.15) is 4.98 Å². The Morgan fingerprint density at radius 3 is 2.09 bits per heavy atom. The molecule has 43 heavy (non-hydrogen) atoms. The summed E-state index contributed by atoms with van der Waals surface area (Å²) in [7, 11) is -4.41. The van der Waals surface area contributed by atoms with Crippen molar-refractivity contribution < 1.29 is 42.4 Å². The summed E-state index contributed by atoms with van der Waals surface area (Å²) in [6, 6.07) is -1.15. The number of alkyl halides is 1. The zero-order valence-electron chi connectivity index (χ0n) is 26.0. The predicted molar refractivity (Wildman–Crippen MR) is 156 cm³/mol. The molecular formula is C27H45FN5O9P. The van der Waals surface area contributed by atoms with Gasteiger partial charge >= 0.3 is 25.3 Å². The summed E-state index contributed by atoms with van der Waals surface area (Å²) in [5.74, 6) is -1.60. The number of carbonyl (C=O) groups excluding carboxylic acids is 2. The lowest BCUT2D eigenvalue weighted by atomic mass is 9.98. The number of ether oxygens (including phenoxy) is 3. The maximum absolute atomic E-state index is 15.6. The molecule has 16 heteroatoms. The molecule has 1 aliphatic rings. The van der Waals surface area contributed by atoms with Crippen LogP contribution in [0, 0.1) is 10.8 Å². The Bertz CT molecular complexity index is 1220. The third kappa shape index (κ3) is 10.2. The fourth-order valence-corrected chi connectivity index (χ4v) is 5.55. The average Bonchev–Trinajstić information content (AvgIpc) is 3.13. The number of aliphatic hydroxyl groups excluding tert-OH is 1. The zero-order chi connectivity index (χ0) is 33.0. The smallest absolute Gasteiger partial charge is 0.351 e. The second kappa shape index (κ2) is 14.0. The van der Waals surface area contributed by atoms with E-state index in [1.807, 2.05) is 41.5 Å². The first-order valence-electron chi connectivity index (χ1n) is 13.7. The van der Waals surface area contributed by atoms with Crippen LogP contribution in [-0.2, 0) is 32.9 Å². The third-order valence-corrected chi connectivity index (χ3v) is 8.02. The monoisotopic (exact) mass is 633 g/mol. The average molecular weight is 634 g/mol. The summed E-state index contributed by atoms with van der Waals surface area (Å²) in [6.07, 6.45) is -3.48. The molecule has 0 saturated carbocycles. The molecule has 0 spiro atoms. The van der Waals surface area contributed by atoms with Gasteiger partial charge in [-0.25, -0.2) is 19.4 Å². The number of esters is 2. The van der Waals surface area contributed by atoms with Gasteiger partial charge in [-0.3, -0.25) is 18.7 Å². The van der Waals surface area contributed by atoms with Crippen LogP contribution in [0.3, 0.4) is 0 Å². The van der Waals surface area contributed by atoms with Gasteiger partial charge in [-0.15, -0.1) is 6.58 Å². The van der Waals surface area contributed by atoms with Crippen LogP contribution in [0.4, 0.5) is 10.2 Å². The molecule has 2 heterocycles. The van der Waals surface area contributed by atoms with Gasteiger partial charge in [0.1, 0.15) is 29.6 Å². The molecule has 14 nitrogen and oxygen atoms in total. The molecule has 6 atom stereocenters. The van der Waals surface area contributed by atoms with Gasteiger partial charge in [-0.05, 0) is 30.7 Å². The maximum atomic E-state index is 15.6. The summed E-state index contributed by atoms with van der Waals surface area (Å²) in [4.78, 5) is 41.2. The van der Waals surface area contributed by atoms with Crippen LogP contribution in [0.25, 0.3) is 0 Å². The van der Waals surface area contributed by atoms with Crippen molar-refractivity contribution in [1.82, 2.24) is 19.7 Å². The Kier molecular flexibility index (Phi) is 11.9. The Morgan fingerprint density at radius 2 is 1.67 bits per heavy atom. The molecule has 2 rings (SSSR count). The molecule has 0 aliphatic carbocycles. The lowest BCUT2D eigenvalue weighted by Gasteiger charge is -2.31. The fourth-order valence-electron chi connectivity index (χ4n) is 3.71. The van der Waals surface area contributed by atoms with E-state index < -0.39 is 68.1 Å². The number of carbonyl (C=O) groups is 2. The quantitative estimate of drug-likeness (QED) is 0.141. The molecular weight excluding hydrogens is 588 g/mol. The Morgan fingerprint density at radius 1 is 1.19 bits per heavy atom. The van der Waals surface area contributed by atoms with Gasteiger partial charge in [0.15, 0.2) is 12.4 Å². The van der Waals surface area contributed by atoms with Gasteiger partial charge < -0.3 is 29.6 Å². The van der Waals surface area contributed by atoms with E-state index in [0.29, 0.717) is 0 Å². The maximum Gasteiger partial charge on any atom is 0.351 e. The van der Waals surface area contributed by atoms with Crippen LogP contribution < -0.4 is 21.6 Å². The fraction of sp³-hybridized carbons (Fsp3) is 0.704. The summed E-state index contributed by atoms with van der Waals surface area (Å²) in [5.41, 5.74) is 1.81. The standard InChI is InChI=1S/C27H45FN5O9P/c1-10-27(20(28)19(34)21(42-27)33-12-11-18(29)30-24(33)37)15-41-43(38,31-16(2)22(35)39-13-25(4,5)6)32-17(3)23(36)40-14-26(7,8)9/h10-12,16-17,19-21,34H,1,13-15H2,2-9H3,(H2,29,30,37)(H2,31,32,38)/t16-,17-,19+,20-,21+,27+/m0/s1. The first-order chi connectivity index (χ1) is 19.6. The molecule has 5 N–H and O–H groups in total. The van der Waals surface area contributed by atoms with E-state index in [1.54, 1.807) is 0 Å². The normalized spacial score (nSPS) is 24.3. The first kappa shape index (κ1) is 36.5. The van der Waals surface area contributed by atoms with Crippen molar-refractivity contribution in [3.05, 3.63) is 35.4 Å². The highest BCUT2D eigenvalue weighted by molar-refractivity contribution is 7.54. The van der Waals surface area contributed by atoms with Crippen molar-refractivity contribution in [3.8, 4) is 0 Å². The van der Waals surface area contributed by atoms with Crippen molar-refractivity contribution in [2.75, 3.05) is 25.6 Å². The highest BCUT2D eigenvalue weighted by Crippen LogP contribution is 2.45. The van der Waals surface area contributed by atoms with Gasteiger partial charge in [0, 0.05) is 6.20 Å². The van der Waals surface area contributed by atoms with Crippen LogP contribution >= 0.6 is 7.67 Å². The Balaban J connectivity index is 2.32. The minimum absolute atomic E-state index is 0.0710. The number of anilines is 1. The van der Waals surface area contributed by atoms with Crippen molar-refractivity contribution in [1.29, 1.82) is 0 Å². The van der Waals surface area contributed by atoms with Crippen LogP contribution in [-0.4, -0.2) is 76.4 Å². The van der Waals surface area contributed by atoms with Crippen molar-refractivity contribution in [2.24, 2.45) is 10.8 Å². The van der Waals surface area contributed by atoms with Gasteiger partial charge in [0.2, 0.25) is 0 Å². The molecule has 0 amide bonds.